The number of esters is 2. The molecule has 4 heterocycles. The Morgan fingerprint density at radius 1 is 1.34 bits per heavy atom. The number of rotatable bonds is 4. The van der Waals surface area contributed by atoms with Gasteiger partial charge in [-0.2, -0.15) is 0 Å². The SMILES string of the molecule is C[C@@H](O)[C@H]1C(=O)N2C(C(=O)OC3OC(=O)c4ccccc43)=C([C@H]3CCCO3)S[C@H]12. The zero-order chi connectivity index (χ0) is 20.3. The third-order valence-corrected chi connectivity index (χ3v) is 7.06. The van der Waals surface area contributed by atoms with Crippen LogP contribution in [-0.4, -0.2) is 52.0 Å². The van der Waals surface area contributed by atoms with Gasteiger partial charge in [-0.15, -0.1) is 0 Å². The molecule has 1 N–H and O–H groups in total. The highest BCUT2D eigenvalue weighted by Gasteiger charge is 2.59. The predicted molar refractivity (Wildman–Crippen MR) is 100 cm³/mol. The fourth-order valence-corrected chi connectivity index (χ4v) is 5.86. The summed E-state index contributed by atoms with van der Waals surface area (Å²) in [5.74, 6) is -2.19. The zero-order valence-corrected chi connectivity index (χ0v) is 16.4. The summed E-state index contributed by atoms with van der Waals surface area (Å²) in [7, 11) is 0. The third kappa shape index (κ3) is 2.79. The standard InChI is InChI=1S/C20H19NO7S/c1-9(22)13-16(23)21-14(15(29-17(13)21)12-7-4-8-26-12)19(25)28-20-11-6-3-2-5-10(11)18(24)27-20/h2-3,5-6,9,12-13,17,20,22H,4,7-8H2,1H3/t9-,12-,13+,17-,20?/m1/s1. The van der Waals surface area contributed by atoms with Gasteiger partial charge in [-0.1, -0.05) is 30.0 Å². The zero-order valence-electron chi connectivity index (χ0n) is 15.6. The van der Waals surface area contributed by atoms with Crippen molar-refractivity contribution in [3.8, 4) is 0 Å². The average molecular weight is 417 g/mol. The molecule has 0 spiro atoms. The Morgan fingerprint density at radius 3 is 2.86 bits per heavy atom. The van der Waals surface area contributed by atoms with E-state index in [0.29, 0.717) is 22.6 Å². The number of amides is 1. The van der Waals surface area contributed by atoms with Crippen LogP contribution in [0, 0.1) is 5.92 Å². The quantitative estimate of drug-likeness (QED) is 0.583. The van der Waals surface area contributed by atoms with Crippen molar-refractivity contribution in [2.45, 2.75) is 43.6 Å². The second kappa shape index (κ2) is 6.86. The Kier molecular flexibility index (Phi) is 4.41. The van der Waals surface area contributed by atoms with Crippen LogP contribution in [0.3, 0.4) is 0 Å². The van der Waals surface area contributed by atoms with Gasteiger partial charge in [0, 0.05) is 17.1 Å². The summed E-state index contributed by atoms with van der Waals surface area (Å²) < 4.78 is 16.5. The van der Waals surface area contributed by atoms with Gasteiger partial charge in [0.1, 0.15) is 11.1 Å². The molecule has 9 heteroatoms. The molecule has 0 saturated carbocycles. The van der Waals surface area contributed by atoms with Crippen molar-refractivity contribution in [3.05, 3.63) is 46.0 Å². The van der Waals surface area contributed by atoms with Gasteiger partial charge >= 0.3 is 11.9 Å². The van der Waals surface area contributed by atoms with Crippen LogP contribution in [0.15, 0.2) is 34.9 Å². The Bertz CT molecular complexity index is 937. The van der Waals surface area contributed by atoms with Crippen molar-refractivity contribution >= 4 is 29.6 Å². The molecular formula is C20H19NO7S. The van der Waals surface area contributed by atoms with Crippen molar-refractivity contribution in [2.75, 3.05) is 6.61 Å². The van der Waals surface area contributed by atoms with Crippen LogP contribution < -0.4 is 0 Å². The van der Waals surface area contributed by atoms with Crippen LogP contribution in [0.1, 0.15) is 42.0 Å². The summed E-state index contributed by atoms with van der Waals surface area (Å²) in [6.45, 7) is 2.15. The third-order valence-electron chi connectivity index (χ3n) is 5.60. The average Bonchev–Trinajstić information content (AvgIpc) is 3.39. The van der Waals surface area contributed by atoms with E-state index in [-0.39, 0.29) is 23.1 Å². The molecule has 1 aromatic carbocycles. The highest BCUT2D eigenvalue weighted by Crippen LogP contribution is 2.53. The normalized spacial score (nSPS) is 31.3. The molecule has 5 rings (SSSR count). The fraction of sp³-hybridized carbons (Fsp3) is 0.450. The molecule has 0 radical (unpaired) electrons. The monoisotopic (exact) mass is 417 g/mol. The molecular weight excluding hydrogens is 398 g/mol. The molecule has 2 fully saturated rings. The van der Waals surface area contributed by atoms with Gasteiger partial charge in [-0.05, 0) is 25.8 Å². The van der Waals surface area contributed by atoms with Gasteiger partial charge in [0.05, 0.1) is 23.7 Å². The molecule has 4 aliphatic rings. The van der Waals surface area contributed by atoms with Crippen molar-refractivity contribution in [2.24, 2.45) is 5.92 Å². The Hall–Kier alpha value is -2.36. The van der Waals surface area contributed by atoms with E-state index in [1.807, 2.05) is 0 Å². The second-order valence-corrected chi connectivity index (χ2v) is 8.59. The number of benzene rings is 1. The number of carbonyl (C=O) groups excluding carboxylic acids is 3. The molecule has 2 saturated heterocycles. The number of fused-ring (bicyclic) bond motifs is 2. The van der Waals surface area contributed by atoms with Crippen molar-refractivity contribution < 1.29 is 33.7 Å². The number of β-lactam (4-membered cyclic amide) rings is 1. The minimum Gasteiger partial charge on any atom is -0.417 e. The number of carbonyl (C=O) groups is 3. The van der Waals surface area contributed by atoms with Crippen LogP contribution >= 0.6 is 11.8 Å². The first kappa shape index (κ1) is 18.7. The van der Waals surface area contributed by atoms with Crippen LogP contribution in [0.2, 0.25) is 0 Å². The topological polar surface area (TPSA) is 102 Å². The van der Waals surface area contributed by atoms with Gasteiger partial charge in [0.2, 0.25) is 5.91 Å². The number of thioether (sulfide) groups is 1. The van der Waals surface area contributed by atoms with Crippen molar-refractivity contribution in [3.63, 3.8) is 0 Å². The van der Waals surface area contributed by atoms with Crippen LogP contribution in [0.25, 0.3) is 0 Å². The Morgan fingerprint density at radius 2 is 2.14 bits per heavy atom. The van der Waals surface area contributed by atoms with Crippen LogP contribution in [0.5, 0.6) is 0 Å². The van der Waals surface area contributed by atoms with Gasteiger partial charge in [0.15, 0.2) is 0 Å². The van der Waals surface area contributed by atoms with Gasteiger partial charge in [0.25, 0.3) is 6.29 Å². The first-order valence-electron chi connectivity index (χ1n) is 9.52. The maximum Gasteiger partial charge on any atom is 0.359 e. The minimum atomic E-state index is -1.16. The predicted octanol–water partition coefficient (Wildman–Crippen LogP) is 1.70. The van der Waals surface area contributed by atoms with E-state index in [2.05, 4.69) is 0 Å². The van der Waals surface area contributed by atoms with E-state index in [1.165, 1.54) is 16.7 Å². The van der Waals surface area contributed by atoms with Gasteiger partial charge in [-0.25, -0.2) is 9.59 Å². The summed E-state index contributed by atoms with van der Waals surface area (Å²) in [4.78, 5) is 39.8. The number of aliphatic hydroxyl groups is 1. The molecule has 152 valence electrons. The second-order valence-electron chi connectivity index (χ2n) is 7.43. The molecule has 1 aromatic rings. The van der Waals surface area contributed by atoms with Crippen molar-refractivity contribution in [1.82, 2.24) is 4.90 Å². The Labute approximate surface area is 170 Å². The lowest BCUT2D eigenvalue weighted by molar-refractivity contribution is -0.171. The minimum absolute atomic E-state index is 0.134. The smallest absolute Gasteiger partial charge is 0.359 e. The maximum absolute atomic E-state index is 13.1. The van der Waals surface area contributed by atoms with Gasteiger partial charge < -0.3 is 19.3 Å². The fourth-order valence-electron chi connectivity index (χ4n) is 4.16. The lowest BCUT2D eigenvalue weighted by Crippen LogP contribution is -2.60. The number of ether oxygens (including phenoxy) is 3. The molecule has 29 heavy (non-hydrogen) atoms. The number of nitrogens with zero attached hydrogens (tertiary/aromatic N) is 1. The van der Waals surface area contributed by atoms with E-state index >= 15 is 0 Å². The van der Waals surface area contributed by atoms with Crippen molar-refractivity contribution in [1.29, 1.82) is 0 Å². The molecule has 0 aromatic heterocycles. The molecule has 1 unspecified atom stereocenters. The molecule has 8 nitrogen and oxygen atoms in total. The number of hydrogen-bond acceptors (Lipinski definition) is 8. The number of aliphatic hydroxyl groups excluding tert-OH is 1. The summed E-state index contributed by atoms with van der Waals surface area (Å²) in [5.41, 5.74) is 0.963. The van der Waals surface area contributed by atoms with E-state index in [1.54, 1.807) is 31.2 Å². The first-order chi connectivity index (χ1) is 14.0. The number of hydrogen-bond donors (Lipinski definition) is 1. The summed E-state index contributed by atoms with van der Waals surface area (Å²) >= 11 is 1.37. The Balaban J connectivity index is 1.44. The lowest BCUT2D eigenvalue weighted by atomic mass is 9.92. The van der Waals surface area contributed by atoms with Crippen LogP contribution in [0.4, 0.5) is 0 Å². The molecule has 1 amide bonds. The molecule has 0 aliphatic carbocycles. The highest BCUT2D eigenvalue weighted by atomic mass is 32.2. The van der Waals surface area contributed by atoms with E-state index < -0.39 is 30.3 Å². The lowest BCUT2D eigenvalue weighted by Gasteiger charge is -2.43. The summed E-state index contributed by atoms with van der Waals surface area (Å²) in [5, 5.41) is 9.59. The summed E-state index contributed by atoms with van der Waals surface area (Å²) in [6, 6.07) is 6.70. The molecule has 4 aliphatic heterocycles. The van der Waals surface area contributed by atoms with Gasteiger partial charge in [-0.3, -0.25) is 9.69 Å². The molecule has 5 atom stereocenters. The van der Waals surface area contributed by atoms with E-state index in [0.717, 1.165) is 12.8 Å². The summed E-state index contributed by atoms with van der Waals surface area (Å²) in [6.07, 6.45) is -0.649. The highest BCUT2D eigenvalue weighted by molar-refractivity contribution is 8.04. The first-order valence-corrected chi connectivity index (χ1v) is 10.4. The van der Waals surface area contributed by atoms with E-state index in [9.17, 15) is 19.5 Å². The maximum atomic E-state index is 13.1. The number of cyclic esters (lactones) is 1. The largest absolute Gasteiger partial charge is 0.417 e. The van der Waals surface area contributed by atoms with Crippen LogP contribution in [-0.2, 0) is 23.8 Å². The molecule has 0 bridgehead atoms. The van der Waals surface area contributed by atoms with E-state index in [4.69, 9.17) is 14.2 Å².